The molecule has 0 bridgehead atoms. The second-order valence-corrected chi connectivity index (χ2v) is 7.82. The van der Waals surface area contributed by atoms with Gasteiger partial charge in [-0.05, 0) is 55.0 Å². The van der Waals surface area contributed by atoms with E-state index in [4.69, 9.17) is 27.9 Å². The lowest BCUT2D eigenvalue weighted by Crippen LogP contribution is -2.13. The van der Waals surface area contributed by atoms with Crippen molar-refractivity contribution < 1.29 is 14.3 Å². The number of hydrogen-bond acceptors (Lipinski definition) is 4. The fourth-order valence-corrected chi connectivity index (χ4v) is 4.50. The molecule has 0 aliphatic heterocycles. The van der Waals surface area contributed by atoms with Gasteiger partial charge in [0.25, 0.3) is 0 Å². The van der Waals surface area contributed by atoms with Gasteiger partial charge in [0.2, 0.25) is 5.91 Å². The average Bonchev–Trinajstić information content (AvgIpc) is 2.99. The highest BCUT2D eigenvalue weighted by molar-refractivity contribution is 7.17. The summed E-state index contributed by atoms with van der Waals surface area (Å²) in [6.07, 6.45) is 6.95. The Morgan fingerprint density at radius 3 is 2.69 bits per heavy atom. The van der Waals surface area contributed by atoms with Crippen LogP contribution in [0.5, 0.6) is 0 Å². The maximum atomic E-state index is 12.3. The Kier molecular flexibility index (Phi) is 6.01. The molecule has 1 N–H and O–H groups in total. The molecular formula is C19H17Cl2NO3S. The van der Waals surface area contributed by atoms with Gasteiger partial charge in [0.15, 0.2) is 0 Å². The molecule has 2 aromatic rings. The van der Waals surface area contributed by atoms with Crippen LogP contribution < -0.4 is 5.32 Å². The van der Waals surface area contributed by atoms with Crippen molar-refractivity contribution in [3.8, 4) is 0 Å². The number of methoxy groups -OCH3 is 1. The predicted octanol–water partition coefficient (Wildman–Crippen LogP) is 5.37. The van der Waals surface area contributed by atoms with Crippen molar-refractivity contribution in [1.82, 2.24) is 0 Å². The van der Waals surface area contributed by atoms with Crippen molar-refractivity contribution in [2.45, 2.75) is 25.7 Å². The van der Waals surface area contributed by atoms with Gasteiger partial charge >= 0.3 is 5.97 Å². The molecule has 1 heterocycles. The number of hydrogen-bond donors (Lipinski definition) is 1. The first-order valence-corrected chi connectivity index (χ1v) is 9.74. The normalized spacial score (nSPS) is 13.5. The Labute approximate surface area is 165 Å². The Morgan fingerprint density at radius 2 is 1.96 bits per heavy atom. The number of halogens is 2. The minimum Gasteiger partial charge on any atom is -0.465 e. The van der Waals surface area contributed by atoms with Crippen molar-refractivity contribution in [2.75, 3.05) is 12.4 Å². The van der Waals surface area contributed by atoms with Crippen LogP contribution in [0, 0.1) is 0 Å². The highest BCUT2D eigenvalue weighted by Gasteiger charge is 2.26. The van der Waals surface area contributed by atoms with E-state index >= 15 is 0 Å². The van der Waals surface area contributed by atoms with Crippen LogP contribution in [-0.2, 0) is 22.4 Å². The molecule has 1 aromatic heterocycles. The second-order valence-electron chi connectivity index (χ2n) is 5.90. The first-order valence-electron chi connectivity index (χ1n) is 8.16. The molecular weight excluding hydrogens is 393 g/mol. The third kappa shape index (κ3) is 4.11. The van der Waals surface area contributed by atoms with Gasteiger partial charge in [-0.1, -0.05) is 29.3 Å². The fraction of sp³-hybridized carbons (Fsp3) is 0.263. The van der Waals surface area contributed by atoms with Crippen molar-refractivity contribution >= 4 is 57.5 Å². The third-order valence-corrected chi connectivity index (χ3v) is 6.11. The molecule has 0 atom stereocenters. The van der Waals surface area contributed by atoms with E-state index in [1.807, 2.05) is 0 Å². The molecule has 7 heteroatoms. The molecule has 136 valence electrons. The molecule has 0 radical (unpaired) electrons. The summed E-state index contributed by atoms with van der Waals surface area (Å²) in [6, 6.07) is 5.11. The Balaban J connectivity index is 1.80. The number of ether oxygens (including phenoxy) is 1. The van der Waals surface area contributed by atoms with Gasteiger partial charge in [0.1, 0.15) is 5.00 Å². The highest BCUT2D eigenvalue weighted by Crippen LogP contribution is 2.38. The van der Waals surface area contributed by atoms with E-state index in [-0.39, 0.29) is 5.91 Å². The molecule has 3 rings (SSSR count). The number of nitrogens with one attached hydrogen (secondary N) is 1. The first kappa shape index (κ1) is 19.0. The zero-order chi connectivity index (χ0) is 18.7. The third-order valence-electron chi connectivity index (χ3n) is 4.17. The summed E-state index contributed by atoms with van der Waals surface area (Å²) < 4.78 is 4.91. The van der Waals surface area contributed by atoms with E-state index in [2.05, 4.69) is 5.32 Å². The maximum absolute atomic E-state index is 12.3. The summed E-state index contributed by atoms with van der Waals surface area (Å²) in [7, 11) is 1.35. The van der Waals surface area contributed by atoms with Gasteiger partial charge in [0.05, 0.1) is 22.7 Å². The molecule has 1 aromatic carbocycles. The van der Waals surface area contributed by atoms with Crippen LogP contribution in [0.3, 0.4) is 0 Å². The van der Waals surface area contributed by atoms with Crippen molar-refractivity contribution in [3.05, 3.63) is 55.9 Å². The Bertz CT molecular complexity index is 889. The summed E-state index contributed by atoms with van der Waals surface area (Å²) >= 11 is 13.3. The largest absolute Gasteiger partial charge is 0.465 e. The van der Waals surface area contributed by atoms with Gasteiger partial charge in [-0.25, -0.2) is 4.79 Å². The number of aryl methyl sites for hydroxylation is 1. The first-order chi connectivity index (χ1) is 12.5. The number of carbonyl (C=O) groups excluding carboxylic acids is 2. The van der Waals surface area contributed by atoms with Crippen molar-refractivity contribution in [1.29, 1.82) is 0 Å². The summed E-state index contributed by atoms with van der Waals surface area (Å²) in [5, 5.41) is 4.24. The standard InChI is InChI=1S/C19H17Cl2NO3S/c1-25-19(24)17-12-4-2-3-5-15(12)26-18(17)22-16(23)9-7-11-6-8-13(20)14(21)10-11/h6-10H,2-5H2,1H3,(H,22,23). The lowest BCUT2D eigenvalue weighted by Gasteiger charge is -2.11. The quantitative estimate of drug-likeness (QED) is 0.545. The number of carbonyl (C=O) groups is 2. The minimum atomic E-state index is -0.409. The number of fused-ring (bicyclic) bond motifs is 1. The van der Waals surface area contributed by atoms with Crippen LogP contribution in [-0.4, -0.2) is 19.0 Å². The zero-order valence-electron chi connectivity index (χ0n) is 14.1. The van der Waals surface area contributed by atoms with Crippen LogP contribution in [0.2, 0.25) is 10.0 Å². The predicted molar refractivity (Wildman–Crippen MR) is 106 cm³/mol. The number of anilines is 1. The molecule has 1 amide bonds. The molecule has 4 nitrogen and oxygen atoms in total. The van der Waals surface area contributed by atoms with Gasteiger partial charge in [0, 0.05) is 11.0 Å². The summed E-state index contributed by atoms with van der Waals surface area (Å²) in [5.41, 5.74) is 2.26. The van der Waals surface area contributed by atoms with E-state index in [1.54, 1.807) is 24.3 Å². The molecule has 1 aliphatic carbocycles. The van der Waals surface area contributed by atoms with Crippen LogP contribution in [0.4, 0.5) is 5.00 Å². The van der Waals surface area contributed by atoms with Crippen molar-refractivity contribution in [3.63, 3.8) is 0 Å². The minimum absolute atomic E-state index is 0.320. The lowest BCUT2D eigenvalue weighted by molar-refractivity contribution is -0.111. The molecule has 1 aliphatic rings. The second kappa shape index (κ2) is 8.25. The summed E-state index contributed by atoms with van der Waals surface area (Å²) in [5.74, 6) is -0.729. The summed E-state index contributed by atoms with van der Waals surface area (Å²) in [6.45, 7) is 0. The maximum Gasteiger partial charge on any atom is 0.341 e. The van der Waals surface area contributed by atoms with Gasteiger partial charge in [-0.15, -0.1) is 11.3 Å². The Morgan fingerprint density at radius 1 is 1.19 bits per heavy atom. The average molecular weight is 410 g/mol. The van der Waals surface area contributed by atoms with Gasteiger partial charge in [-0.2, -0.15) is 0 Å². The molecule has 0 spiro atoms. The number of thiophene rings is 1. The topological polar surface area (TPSA) is 55.4 Å². The lowest BCUT2D eigenvalue weighted by atomic mass is 9.95. The van der Waals surface area contributed by atoms with Crippen molar-refractivity contribution in [2.24, 2.45) is 0 Å². The molecule has 0 saturated carbocycles. The number of amides is 1. The number of benzene rings is 1. The van der Waals surface area contributed by atoms with Crippen LogP contribution in [0.1, 0.15) is 39.2 Å². The van der Waals surface area contributed by atoms with Gasteiger partial charge in [-0.3, -0.25) is 4.79 Å². The molecule has 0 unspecified atom stereocenters. The van der Waals surface area contributed by atoms with E-state index in [0.29, 0.717) is 20.6 Å². The SMILES string of the molecule is COC(=O)c1c(NC(=O)C=Cc2ccc(Cl)c(Cl)c2)sc2c1CCCC2. The smallest absolute Gasteiger partial charge is 0.341 e. The molecule has 0 fully saturated rings. The van der Waals surface area contributed by atoms with Gasteiger partial charge < -0.3 is 10.1 Å². The number of rotatable bonds is 4. The zero-order valence-corrected chi connectivity index (χ0v) is 16.4. The van der Waals surface area contributed by atoms with E-state index in [0.717, 1.165) is 41.7 Å². The monoisotopic (exact) mass is 409 g/mol. The summed E-state index contributed by atoms with van der Waals surface area (Å²) in [4.78, 5) is 25.6. The van der Waals surface area contributed by atoms with Crippen LogP contribution in [0.15, 0.2) is 24.3 Å². The molecule has 26 heavy (non-hydrogen) atoms. The highest BCUT2D eigenvalue weighted by atomic mass is 35.5. The van der Waals surface area contributed by atoms with E-state index in [9.17, 15) is 9.59 Å². The van der Waals surface area contributed by atoms with Crippen LogP contribution >= 0.6 is 34.5 Å². The fourth-order valence-electron chi connectivity index (χ4n) is 2.91. The van der Waals surface area contributed by atoms with Crippen LogP contribution in [0.25, 0.3) is 6.08 Å². The molecule has 0 saturated heterocycles. The van der Waals surface area contributed by atoms with E-state index in [1.165, 1.54) is 24.5 Å². The number of esters is 1. The Hall–Kier alpha value is -1.82. The van der Waals surface area contributed by atoms with E-state index < -0.39 is 5.97 Å².